The molecule has 3 aromatic rings. The first-order valence-corrected chi connectivity index (χ1v) is 11.0. The molecule has 0 N–H and O–H groups in total. The van der Waals surface area contributed by atoms with Crippen LogP contribution in [0, 0.1) is 0 Å². The molecule has 32 heavy (non-hydrogen) atoms. The van der Waals surface area contributed by atoms with Crippen molar-refractivity contribution in [1.82, 2.24) is 0 Å². The summed E-state index contributed by atoms with van der Waals surface area (Å²) in [5.74, 6) is 0.0879. The fraction of sp³-hybridized carbons (Fsp3) is 0.296. The summed E-state index contributed by atoms with van der Waals surface area (Å²) in [6.07, 6.45) is 1.61. The second-order valence-corrected chi connectivity index (χ2v) is 8.38. The fourth-order valence-corrected chi connectivity index (χ4v) is 4.39. The van der Waals surface area contributed by atoms with Crippen molar-refractivity contribution in [2.24, 2.45) is 0 Å². The lowest BCUT2D eigenvalue weighted by Gasteiger charge is -2.26. The molecular weight excluding hydrogens is 411 g/mol. The van der Waals surface area contributed by atoms with Crippen molar-refractivity contribution < 1.29 is 18.0 Å². The normalized spacial score (nSPS) is 14.8. The number of hydrogen-bond donors (Lipinski definition) is 0. The van der Waals surface area contributed by atoms with Crippen LogP contribution >= 0.6 is 0 Å². The summed E-state index contributed by atoms with van der Waals surface area (Å²) in [6, 6.07) is 22.0. The molecule has 0 spiro atoms. The van der Waals surface area contributed by atoms with E-state index in [0.717, 1.165) is 17.7 Å². The Labute approximate surface area is 186 Å². The number of benzene rings is 3. The van der Waals surface area contributed by atoms with E-state index >= 15 is 0 Å². The van der Waals surface area contributed by atoms with Crippen LogP contribution in [0.5, 0.6) is 0 Å². The molecule has 0 atom stereocenters. The Morgan fingerprint density at radius 3 is 2.19 bits per heavy atom. The molecule has 0 radical (unpaired) electrons. The van der Waals surface area contributed by atoms with Crippen LogP contribution in [0.3, 0.4) is 0 Å². The quantitative estimate of drug-likeness (QED) is 0.402. The highest BCUT2D eigenvalue weighted by atomic mass is 19.4. The Hall–Kier alpha value is -3.08. The van der Waals surface area contributed by atoms with Crippen LogP contribution in [0.25, 0.3) is 0 Å². The van der Waals surface area contributed by atoms with Gasteiger partial charge < -0.3 is 4.90 Å². The predicted molar refractivity (Wildman–Crippen MR) is 121 cm³/mol. The van der Waals surface area contributed by atoms with Gasteiger partial charge in [0.15, 0.2) is 0 Å². The van der Waals surface area contributed by atoms with E-state index in [2.05, 4.69) is 12.1 Å². The molecule has 0 heterocycles. The SMILES string of the molecule is O=C(c1cccc(C(F)(F)F)c1)N(Cc1ccccc1)c1ccc(C2CCCCC2)cc1. The molecule has 3 aromatic carbocycles. The fourth-order valence-electron chi connectivity index (χ4n) is 4.39. The molecule has 1 amide bonds. The van der Waals surface area contributed by atoms with Gasteiger partial charge in [-0.2, -0.15) is 13.2 Å². The topological polar surface area (TPSA) is 20.3 Å². The molecule has 0 aromatic heterocycles. The van der Waals surface area contributed by atoms with Gasteiger partial charge in [0.05, 0.1) is 12.1 Å². The van der Waals surface area contributed by atoms with Crippen LogP contribution in [0.1, 0.15) is 65.1 Å². The minimum Gasteiger partial charge on any atom is -0.304 e. The first-order chi connectivity index (χ1) is 15.4. The van der Waals surface area contributed by atoms with E-state index in [1.807, 2.05) is 42.5 Å². The lowest BCUT2D eigenvalue weighted by atomic mass is 9.84. The molecule has 4 rings (SSSR count). The summed E-state index contributed by atoms with van der Waals surface area (Å²) in [5.41, 5.74) is 2.04. The van der Waals surface area contributed by atoms with Gasteiger partial charge in [0, 0.05) is 11.3 Å². The van der Waals surface area contributed by atoms with E-state index in [0.29, 0.717) is 11.6 Å². The zero-order chi connectivity index (χ0) is 22.6. The maximum atomic E-state index is 13.4. The van der Waals surface area contributed by atoms with Crippen LogP contribution in [-0.4, -0.2) is 5.91 Å². The van der Waals surface area contributed by atoms with Crippen molar-refractivity contribution in [3.05, 3.63) is 101 Å². The molecule has 5 heteroatoms. The molecule has 0 saturated heterocycles. The average molecular weight is 438 g/mol. The maximum absolute atomic E-state index is 13.4. The van der Waals surface area contributed by atoms with Gasteiger partial charge in [-0.15, -0.1) is 0 Å². The molecule has 1 fully saturated rings. The third-order valence-electron chi connectivity index (χ3n) is 6.15. The Morgan fingerprint density at radius 2 is 1.53 bits per heavy atom. The molecule has 1 aliphatic carbocycles. The van der Waals surface area contributed by atoms with Crippen LogP contribution < -0.4 is 4.90 Å². The van der Waals surface area contributed by atoms with Gasteiger partial charge in [-0.1, -0.05) is 67.8 Å². The first-order valence-electron chi connectivity index (χ1n) is 11.0. The standard InChI is InChI=1S/C27H26F3NO/c28-27(29,30)24-13-7-12-23(18-24)26(32)31(19-20-8-3-1-4-9-20)25-16-14-22(15-17-25)21-10-5-2-6-11-21/h1,3-4,7-9,12-18,21H,2,5-6,10-11,19H2. The molecule has 0 aliphatic heterocycles. The second kappa shape index (κ2) is 9.60. The van der Waals surface area contributed by atoms with Crippen LogP contribution in [0.15, 0.2) is 78.9 Å². The molecular formula is C27H26F3NO. The number of nitrogens with zero attached hydrogens (tertiary/aromatic N) is 1. The summed E-state index contributed by atoms with van der Waals surface area (Å²) in [4.78, 5) is 14.9. The number of hydrogen-bond acceptors (Lipinski definition) is 1. The number of carbonyl (C=O) groups is 1. The third kappa shape index (κ3) is 5.21. The average Bonchev–Trinajstić information content (AvgIpc) is 2.83. The minimum atomic E-state index is -4.50. The van der Waals surface area contributed by atoms with Gasteiger partial charge in [0.1, 0.15) is 0 Å². The van der Waals surface area contributed by atoms with Gasteiger partial charge in [-0.25, -0.2) is 0 Å². The second-order valence-electron chi connectivity index (χ2n) is 8.38. The molecule has 1 aliphatic rings. The molecule has 166 valence electrons. The Kier molecular flexibility index (Phi) is 6.63. The van der Waals surface area contributed by atoms with Crippen molar-refractivity contribution in [2.45, 2.75) is 50.7 Å². The van der Waals surface area contributed by atoms with E-state index in [1.165, 1.54) is 49.8 Å². The number of alkyl halides is 3. The summed E-state index contributed by atoms with van der Waals surface area (Å²) in [5, 5.41) is 0. The van der Waals surface area contributed by atoms with Crippen LogP contribution in [0.2, 0.25) is 0 Å². The summed E-state index contributed by atoms with van der Waals surface area (Å²) < 4.78 is 39.6. The van der Waals surface area contributed by atoms with Crippen LogP contribution in [0.4, 0.5) is 18.9 Å². The largest absolute Gasteiger partial charge is 0.416 e. The molecule has 1 saturated carbocycles. The number of carbonyl (C=O) groups excluding carboxylic acids is 1. The van der Waals surface area contributed by atoms with E-state index in [4.69, 9.17) is 0 Å². The maximum Gasteiger partial charge on any atom is 0.416 e. The smallest absolute Gasteiger partial charge is 0.304 e. The lowest BCUT2D eigenvalue weighted by molar-refractivity contribution is -0.137. The third-order valence-corrected chi connectivity index (χ3v) is 6.15. The van der Waals surface area contributed by atoms with E-state index in [1.54, 1.807) is 4.90 Å². The van der Waals surface area contributed by atoms with Gasteiger partial charge in [0.2, 0.25) is 0 Å². The van der Waals surface area contributed by atoms with Gasteiger partial charge in [0.25, 0.3) is 5.91 Å². The van der Waals surface area contributed by atoms with Crippen LogP contribution in [-0.2, 0) is 12.7 Å². The van der Waals surface area contributed by atoms with Gasteiger partial charge in [-0.3, -0.25) is 4.79 Å². The monoisotopic (exact) mass is 437 g/mol. The van der Waals surface area contributed by atoms with Crippen molar-refractivity contribution in [3.8, 4) is 0 Å². The van der Waals surface area contributed by atoms with E-state index < -0.39 is 17.6 Å². The van der Waals surface area contributed by atoms with Crippen molar-refractivity contribution in [2.75, 3.05) is 4.90 Å². The highest BCUT2D eigenvalue weighted by Gasteiger charge is 2.31. The number of amides is 1. The Morgan fingerprint density at radius 1 is 0.844 bits per heavy atom. The Balaban J connectivity index is 1.65. The zero-order valence-corrected chi connectivity index (χ0v) is 17.8. The predicted octanol–water partition coefficient (Wildman–Crippen LogP) is 7.60. The van der Waals surface area contributed by atoms with Crippen molar-refractivity contribution in [1.29, 1.82) is 0 Å². The summed E-state index contributed by atoms with van der Waals surface area (Å²) in [7, 11) is 0. The zero-order valence-electron chi connectivity index (χ0n) is 17.8. The molecule has 0 unspecified atom stereocenters. The van der Waals surface area contributed by atoms with Crippen molar-refractivity contribution >= 4 is 11.6 Å². The lowest BCUT2D eigenvalue weighted by Crippen LogP contribution is -2.30. The highest BCUT2D eigenvalue weighted by Crippen LogP contribution is 2.34. The van der Waals surface area contributed by atoms with Crippen molar-refractivity contribution in [3.63, 3.8) is 0 Å². The first kappa shape index (κ1) is 22.1. The van der Waals surface area contributed by atoms with E-state index in [-0.39, 0.29) is 12.1 Å². The summed E-state index contributed by atoms with van der Waals surface area (Å²) >= 11 is 0. The highest BCUT2D eigenvalue weighted by molar-refractivity contribution is 6.06. The van der Waals surface area contributed by atoms with E-state index in [9.17, 15) is 18.0 Å². The molecule has 2 nitrogen and oxygen atoms in total. The number of halogens is 3. The Bertz CT molecular complexity index is 1040. The number of rotatable bonds is 5. The van der Waals surface area contributed by atoms with Gasteiger partial charge in [-0.05, 0) is 60.2 Å². The summed E-state index contributed by atoms with van der Waals surface area (Å²) in [6.45, 7) is 0.276. The number of anilines is 1. The van der Waals surface area contributed by atoms with Gasteiger partial charge >= 0.3 is 6.18 Å². The minimum absolute atomic E-state index is 0.0205. The molecule has 0 bridgehead atoms.